The van der Waals surface area contributed by atoms with Crippen LogP contribution >= 0.6 is 0 Å². The van der Waals surface area contributed by atoms with Crippen molar-refractivity contribution in [3.8, 4) is 0 Å². The Morgan fingerprint density at radius 1 is 0.922 bits per heavy atom. The molecule has 0 aliphatic carbocycles. The number of carboxylic acids is 1. The van der Waals surface area contributed by atoms with Gasteiger partial charge in [0, 0.05) is 64.0 Å². The summed E-state index contributed by atoms with van der Waals surface area (Å²) in [6.45, 7) is 7.29. The van der Waals surface area contributed by atoms with Gasteiger partial charge >= 0.3 is 12.0 Å². The second-order valence-corrected chi connectivity index (χ2v) is 11.9. The second-order valence-electron chi connectivity index (χ2n) is 11.9. The van der Waals surface area contributed by atoms with Crippen molar-refractivity contribution in [2.75, 3.05) is 25.0 Å². The predicted molar refractivity (Wildman–Crippen MR) is 186 cm³/mol. The van der Waals surface area contributed by atoms with Gasteiger partial charge in [0.25, 0.3) is 5.91 Å². The van der Waals surface area contributed by atoms with Crippen molar-refractivity contribution in [2.24, 2.45) is 5.10 Å². The Bertz CT molecular complexity index is 1680. The number of nitrogens with zero attached hydrogens (tertiary/aromatic N) is 6. The summed E-state index contributed by atoms with van der Waals surface area (Å²) in [5, 5.41) is 30.8. The van der Waals surface area contributed by atoms with E-state index in [1.54, 1.807) is 36.4 Å². The van der Waals surface area contributed by atoms with Crippen LogP contribution in [0, 0.1) is 6.92 Å². The maximum Gasteiger partial charge on any atom is 0.322 e. The number of nitrogens with one attached hydrogen (secondary N) is 3. The van der Waals surface area contributed by atoms with E-state index in [-0.39, 0.29) is 49.5 Å². The van der Waals surface area contributed by atoms with Crippen molar-refractivity contribution in [2.45, 2.75) is 84.7 Å². The predicted octanol–water partition coefficient (Wildman–Crippen LogP) is 3.72. The summed E-state index contributed by atoms with van der Waals surface area (Å²) in [6, 6.07) is 9.04. The van der Waals surface area contributed by atoms with Gasteiger partial charge in [0.05, 0.1) is 18.7 Å². The number of benzene rings is 1. The lowest BCUT2D eigenvalue weighted by atomic mass is 9.94. The largest absolute Gasteiger partial charge is 0.481 e. The molecular weight excluding hydrogens is 658 g/mol. The second kappa shape index (κ2) is 18.9. The number of aryl methyl sites for hydroxylation is 1. The van der Waals surface area contributed by atoms with E-state index in [1.165, 1.54) is 5.01 Å². The number of carbonyl (C=O) groups is 5. The topological polar surface area (TPSA) is 212 Å². The molecule has 272 valence electrons. The first-order valence-corrected chi connectivity index (χ1v) is 17.2. The van der Waals surface area contributed by atoms with Crippen LogP contribution in [0.25, 0.3) is 0 Å². The molecule has 1 unspecified atom stereocenters. The zero-order chi connectivity index (χ0) is 36.8. The zero-order valence-corrected chi connectivity index (χ0v) is 29.2. The van der Waals surface area contributed by atoms with Gasteiger partial charge in [-0.25, -0.2) is 9.80 Å². The molecule has 0 radical (unpaired) electrons. The highest BCUT2D eigenvalue weighted by Gasteiger charge is 2.36. The van der Waals surface area contributed by atoms with Crippen LogP contribution in [0.4, 0.5) is 10.5 Å². The van der Waals surface area contributed by atoms with Crippen LogP contribution in [0.15, 0.2) is 52.2 Å². The third-order valence-electron chi connectivity index (χ3n) is 8.15. The molecule has 51 heavy (non-hydrogen) atoms. The Balaban J connectivity index is 0.00000286. The first kappa shape index (κ1) is 38.1. The number of aliphatic carboxylic acids is 1. The van der Waals surface area contributed by atoms with E-state index >= 15 is 0 Å². The molecule has 0 fully saturated rings. The number of carbonyl (C=O) groups excluding carboxylic acids is 4. The van der Waals surface area contributed by atoms with E-state index in [9.17, 15) is 24.0 Å². The third-order valence-corrected chi connectivity index (χ3v) is 8.15. The van der Waals surface area contributed by atoms with Crippen molar-refractivity contribution in [1.29, 1.82) is 0 Å². The molecule has 3 aromatic rings. The van der Waals surface area contributed by atoms with Crippen LogP contribution < -0.4 is 16.0 Å². The fraction of sp³-hybridized carbons (Fsp3) is 0.457. The van der Waals surface area contributed by atoms with Gasteiger partial charge in [-0.15, -0.1) is 10.2 Å². The molecule has 0 saturated carbocycles. The number of pyridine rings is 1. The number of hydrazone groups is 1. The van der Waals surface area contributed by atoms with E-state index < -0.39 is 17.8 Å². The first-order valence-electron chi connectivity index (χ1n) is 17.2. The lowest BCUT2D eigenvalue weighted by Gasteiger charge is -2.28. The average Bonchev–Trinajstić information content (AvgIpc) is 3.77. The molecule has 1 aromatic carbocycles. The molecule has 0 saturated heterocycles. The molecule has 5 amide bonds. The normalized spacial score (nSPS) is 14.9. The van der Waals surface area contributed by atoms with Crippen LogP contribution in [0.5, 0.6) is 0 Å². The van der Waals surface area contributed by atoms with E-state index in [2.05, 4.69) is 31.1 Å². The van der Waals surface area contributed by atoms with Gasteiger partial charge in [0.2, 0.25) is 23.6 Å². The molecule has 16 nitrogen and oxygen atoms in total. The number of anilines is 1. The maximum atomic E-state index is 13.4. The van der Waals surface area contributed by atoms with Crippen LogP contribution in [0.3, 0.4) is 0 Å². The molecule has 4 heterocycles. The smallest absolute Gasteiger partial charge is 0.322 e. The van der Waals surface area contributed by atoms with Gasteiger partial charge in [-0.2, -0.15) is 5.10 Å². The number of hydrogen-bond donors (Lipinski definition) is 4. The summed E-state index contributed by atoms with van der Waals surface area (Å²) in [6.07, 6.45) is 6.28. The van der Waals surface area contributed by atoms with Gasteiger partial charge < -0.3 is 30.4 Å². The highest BCUT2D eigenvalue weighted by Crippen LogP contribution is 2.29. The van der Waals surface area contributed by atoms with Crippen molar-refractivity contribution >= 4 is 41.1 Å². The SMILES string of the molecule is CC.Cc1nnc(C2CC(c3ccc(NC(=O)N4Cc5ccncc5C4)cc3)=NN(CCCCCCNC(=O)CNC(=O)CCC(=O)O)C2=O)o1. The van der Waals surface area contributed by atoms with Crippen LogP contribution in [0.1, 0.15) is 93.2 Å². The average molecular weight is 704 g/mol. The summed E-state index contributed by atoms with van der Waals surface area (Å²) < 4.78 is 5.64. The minimum atomic E-state index is -1.07. The Morgan fingerprint density at radius 2 is 1.67 bits per heavy atom. The zero-order valence-electron chi connectivity index (χ0n) is 29.2. The molecule has 4 N–H and O–H groups in total. The highest BCUT2D eigenvalue weighted by atomic mass is 16.4. The van der Waals surface area contributed by atoms with E-state index in [4.69, 9.17) is 14.6 Å². The number of unbranched alkanes of at least 4 members (excludes halogenated alkanes) is 3. The lowest BCUT2D eigenvalue weighted by molar-refractivity contribution is -0.138. The molecule has 0 bridgehead atoms. The Labute approximate surface area is 296 Å². The molecule has 16 heteroatoms. The highest BCUT2D eigenvalue weighted by molar-refractivity contribution is 6.06. The number of aromatic nitrogens is 3. The summed E-state index contributed by atoms with van der Waals surface area (Å²) in [7, 11) is 0. The third kappa shape index (κ3) is 11.2. The molecule has 2 aliphatic heterocycles. The lowest BCUT2D eigenvalue weighted by Crippen LogP contribution is -2.38. The Morgan fingerprint density at radius 3 is 2.37 bits per heavy atom. The van der Waals surface area contributed by atoms with E-state index in [0.29, 0.717) is 56.3 Å². The minimum absolute atomic E-state index is 0.178. The molecule has 5 rings (SSSR count). The standard InChI is InChI=1S/C33H39N9O7.C2H6/c1-21-38-39-31(49-21)26-16-27(22-6-8-25(9-7-22)37-33(48)41-19-23-12-14-34-17-24(23)20-41)40-42(32(26)47)15-5-3-2-4-13-35-29(44)18-36-28(43)10-11-30(45)46;1-2/h6-9,12,14,17,26H,2-5,10-11,13,15-16,18-20H2,1H3,(H,35,44)(H,36,43)(H,37,48)(H,45,46);1-2H3. The van der Waals surface area contributed by atoms with E-state index in [1.807, 2.05) is 32.0 Å². The van der Waals surface area contributed by atoms with Crippen LogP contribution in [0.2, 0.25) is 0 Å². The Kier molecular flexibility index (Phi) is 14.1. The molecule has 1 atom stereocenters. The van der Waals surface area contributed by atoms with Crippen LogP contribution in [-0.2, 0) is 32.3 Å². The van der Waals surface area contributed by atoms with Gasteiger partial charge in [0.1, 0.15) is 5.92 Å². The van der Waals surface area contributed by atoms with Gasteiger partial charge in [-0.1, -0.05) is 38.8 Å². The number of hydrogen-bond acceptors (Lipinski definition) is 10. The Hall–Kier alpha value is -5.67. The maximum absolute atomic E-state index is 13.4. The summed E-state index contributed by atoms with van der Waals surface area (Å²) in [5.41, 5.74) is 4.23. The first-order chi connectivity index (χ1) is 24.7. The molecular formula is C35H45N9O7. The fourth-order valence-corrected chi connectivity index (χ4v) is 5.51. The molecule has 0 spiro atoms. The minimum Gasteiger partial charge on any atom is -0.481 e. The van der Waals surface area contributed by atoms with Crippen molar-refractivity contribution in [3.05, 3.63) is 71.2 Å². The van der Waals surface area contributed by atoms with E-state index in [0.717, 1.165) is 29.5 Å². The summed E-state index contributed by atoms with van der Waals surface area (Å²) in [4.78, 5) is 66.2. The van der Waals surface area contributed by atoms with Gasteiger partial charge in [0.15, 0.2) is 0 Å². The summed E-state index contributed by atoms with van der Waals surface area (Å²) >= 11 is 0. The molecule has 2 aliphatic rings. The fourth-order valence-electron chi connectivity index (χ4n) is 5.51. The quantitative estimate of drug-likeness (QED) is 0.168. The monoisotopic (exact) mass is 703 g/mol. The van der Waals surface area contributed by atoms with Crippen LogP contribution in [-0.4, -0.2) is 85.3 Å². The van der Waals surface area contributed by atoms with Gasteiger partial charge in [-0.05, 0) is 47.7 Å². The summed E-state index contributed by atoms with van der Waals surface area (Å²) in [5.74, 6) is -2.22. The van der Waals surface area contributed by atoms with Crippen molar-refractivity contribution in [1.82, 2.24) is 35.7 Å². The van der Waals surface area contributed by atoms with Crippen molar-refractivity contribution < 1.29 is 33.5 Å². The number of carboxylic acid groups (broad SMARTS) is 1. The number of rotatable bonds is 15. The number of urea groups is 1. The van der Waals surface area contributed by atoms with Crippen molar-refractivity contribution in [3.63, 3.8) is 0 Å². The number of amides is 5. The van der Waals surface area contributed by atoms with Gasteiger partial charge in [-0.3, -0.25) is 24.2 Å². The molecule has 2 aromatic heterocycles. The number of fused-ring (bicyclic) bond motifs is 1.